The summed E-state index contributed by atoms with van der Waals surface area (Å²) >= 11 is 17.7. The van der Waals surface area contributed by atoms with Gasteiger partial charge in [0.15, 0.2) is 5.11 Å². The number of pyridine rings is 1. The van der Waals surface area contributed by atoms with Crippen molar-refractivity contribution in [2.24, 2.45) is 0 Å². The third-order valence-corrected chi connectivity index (χ3v) is 6.54. The van der Waals surface area contributed by atoms with Crippen LogP contribution < -0.4 is 20.9 Å². The minimum atomic E-state index is 0.334. The number of thiocarbonyl (C=S) groups is 1. The highest BCUT2D eigenvalue weighted by molar-refractivity contribution is 7.80. The number of rotatable bonds is 5. The van der Waals surface area contributed by atoms with Crippen LogP contribution in [0.3, 0.4) is 0 Å². The molecule has 0 bridgehead atoms. The van der Waals surface area contributed by atoms with Crippen molar-refractivity contribution in [2.45, 2.75) is 37.8 Å². The summed E-state index contributed by atoms with van der Waals surface area (Å²) in [5.41, 5.74) is 2.93. The maximum atomic E-state index is 6.23. The average molecular weight is 488 g/mol. The number of fused-ring (bicyclic) bond motifs is 1. The first kappa shape index (κ1) is 22.9. The molecular formula is C24H27Cl2N5S. The van der Waals surface area contributed by atoms with Gasteiger partial charge in [0, 0.05) is 48.3 Å². The van der Waals surface area contributed by atoms with Gasteiger partial charge in [-0.25, -0.2) is 4.98 Å². The molecule has 0 spiro atoms. The number of nitrogens with one attached hydrogen (secondary N) is 3. The smallest absolute Gasteiger partial charge is 0.171 e. The van der Waals surface area contributed by atoms with Gasteiger partial charge in [-0.3, -0.25) is 0 Å². The van der Waals surface area contributed by atoms with Gasteiger partial charge in [-0.05, 0) is 62.2 Å². The van der Waals surface area contributed by atoms with Gasteiger partial charge in [0.1, 0.15) is 5.82 Å². The van der Waals surface area contributed by atoms with Crippen LogP contribution in [0.15, 0.2) is 48.5 Å². The van der Waals surface area contributed by atoms with Crippen LogP contribution in [0.25, 0.3) is 10.9 Å². The number of hydrogen-bond donors (Lipinski definition) is 3. The SMILES string of the molecule is CN(C)c1cc(NC2CCC(NC(=S)Nc3ccc(Cl)cc3Cl)CC2)nc2ccccc12. The van der Waals surface area contributed by atoms with Crippen molar-refractivity contribution in [2.75, 3.05) is 29.6 Å². The molecule has 1 aromatic heterocycles. The minimum absolute atomic E-state index is 0.334. The highest BCUT2D eigenvalue weighted by atomic mass is 35.5. The van der Waals surface area contributed by atoms with Gasteiger partial charge in [0.05, 0.1) is 16.2 Å². The molecule has 0 atom stereocenters. The molecule has 0 saturated heterocycles. The summed E-state index contributed by atoms with van der Waals surface area (Å²) in [7, 11) is 4.13. The molecule has 0 amide bonds. The van der Waals surface area contributed by atoms with Gasteiger partial charge < -0.3 is 20.9 Å². The molecule has 3 N–H and O–H groups in total. The summed E-state index contributed by atoms with van der Waals surface area (Å²) in [6.45, 7) is 0. The molecule has 168 valence electrons. The molecule has 32 heavy (non-hydrogen) atoms. The lowest BCUT2D eigenvalue weighted by molar-refractivity contribution is 0.388. The highest BCUT2D eigenvalue weighted by Crippen LogP contribution is 2.29. The third-order valence-electron chi connectivity index (χ3n) is 5.77. The van der Waals surface area contributed by atoms with Crippen LogP contribution in [0.4, 0.5) is 17.2 Å². The third kappa shape index (κ3) is 5.55. The van der Waals surface area contributed by atoms with Gasteiger partial charge >= 0.3 is 0 Å². The van der Waals surface area contributed by atoms with Crippen molar-refractivity contribution in [3.05, 3.63) is 58.6 Å². The van der Waals surface area contributed by atoms with Crippen LogP contribution in [0.5, 0.6) is 0 Å². The van der Waals surface area contributed by atoms with Crippen LogP contribution >= 0.6 is 35.4 Å². The predicted octanol–water partition coefficient (Wildman–Crippen LogP) is 6.32. The van der Waals surface area contributed by atoms with Gasteiger partial charge in [-0.2, -0.15) is 0 Å². The zero-order chi connectivity index (χ0) is 22.7. The Morgan fingerprint density at radius 1 is 1.00 bits per heavy atom. The normalized spacial score (nSPS) is 18.2. The fraction of sp³-hybridized carbons (Fsp3) is 0.333. The Labute approximate surface area is 204 Å². The van der Waals surface area contributed by atoms with E-state index in [1.54, 1.807) is 12.1 Å². The van der Waals surface area contributed by atoms with Crippen LogP contribution in [0.1, 0.15) is 25.7 Å². The van der Waals surface area contributed by atoms with Gasteiger partial charge in [-0.1, -0.05) is 41.4 Å². The van der Waals surface area contributed by atoms with E-state index in [9.17, 15) is 0 Å². The van der Waals surface area contributed by atoms with E-state index in [-0.39, 0.29) is 0 Å². The van der Waals surface area contributed by atoms with Gasteiger partial charge in [0.25, 0.3) is 0 Å². The van der Waals surface area contributed by atoms with Crippen molar-refractivity contribution < 1.29 is 0 Å². The maximum Gasteiger partial charge on any atom is 0.171 e. The van der Waals surface area contributed by atoms with Crippen LogP contribution in [0.2, 0.25) is 10.0 Å². The van der Waals surface area contributed by atoms with Gasteiger partial charge in [-0.15, -0.1) is 0 Å². The van der Waals surface area contributed by atoms with Crippen molar-refractivity contribution in [1.29, 1.82) is 0 Å². The van der Waals surface area contributed by atoms with Crippen molar-refractivity contribution in [3.8, 4) is 0 Å². The summed E-state index contributed by atoms with van der Waals surface area (Å²) in [6.07, 6.45) is 4.16. The fourth-order valence-corrected chi connectivity index (χ4v) is 4.86. The number of halogens is 2. The number of hydrogen-bond acceptors (Lipinski definition) is 4. The largest absolute Gasteiger partial charge is 0.377 e. The fourth-order valence-electron chi connectivity index (χ4n) is 4.13. The lowest BCUT2D eigenvalue weighted by Crippen LogP contribution is -2.42. The molecule has 8 heteroatoms. The second kappa shape index (κ2) is 10.1. The second-order valence-electron chi connectivity index (χ2n) is 8.35. The van der Waals surface area contributed by atoms with E-state index in [1.807, 2.05) is 12.1 Å². The molecule has 4 rings (SSSR count). The molecule has 0 unspecified atom stereocenters. The van der Waals surface area contributed by atoms with Crippen LogP contribution in [-0.4, -0.2) is 36.3 Å². The van der Waals surface area contributed by atoms with Crippen LogP contribution in [-0.2, 0) is 0 Å². The lowest BCUT2D eigenvalue weighted by atomic mass is 9.91. The number of benzene rings is 2. The van der Waals surface area contributed by atoms with Crippen LogP contribution in [0, 0.1) is 0 Å². The summed E-state index contributed by atoms with van der Waals surface area (Å²) < 4.78 is 0. The van der Waals surface area contributed by atoms with E-state index in [0.29, 0.717) is 27.2 Å². The topological polar surface area (TPSA) is 52.2 Å². The quantitative estimate of drug-likeness (QED) is 0.366. The Hall–Kier alpha value is -2.28. The van der Waals surface area contributed by atoms with E-state index < -0.39 is 0 Å². The molecule has 1 aliphatic rings. The second-order valence-corrected chi connectivity index (χ2v) is 9.61. The molecule has 1 aliphatic carbocycles. The molecule has 3 aromatic rings. The molecule has 0 radical (unpaired) electrons. The number of aromatic nitrogens is 1. The van der Waals surface area contributed by atoms with Gasteiger partial charge in [0.2, 0.25) is 0 Å². The summed E-state index contributed by atoms with van der Waals surface area (Å²) in [5.74, 6) is 0.929. The zero-order valence-electron chi connectivity index (χ0n) is 18.2. The van der Waals surface area contributed by atoms with Crippen molar-refractivity contribution >= 4 is 68.6 Å². The molecule has 1 heterocycles. The van der Waals surface area contributed by atoms with E-state index >= 15 is 0 Å². The number of nitrogens with zero attached hydrogens (tertiary/aromatic N) is 2. The molecule has 0 aliphatic heterocycles. The standard InChI is InChI=1S/C24H27Cl2N5S/c1-31(2)22-14-23(29-20-6-4-3-5-18(20)22)27-16-8-10-17(11-9-16)28-24(32)30-21-12-7-15(25)13-19(21)26/h3-7,12-14,16-17H,8-11H2,1-2H3,(H,27,29)(H2,28,30,32). The number of anilines is 3. The zero-order valence-corrected chi connectivity index (χ0v) is 20.5. The minimum Gasteiger partial charge on any atom is -0.377 e. The Balaban J connectivity index is 1.32. The molecular weight excluding hydrogens is 461 g/mol. The first-order valence-corrected chi connectivity index (χ1v) is 11.9. The van der Waals surface area contributed by atoms with E-state index in [2.05, 4.69) is 59.2 Å². The Kier molecular flexibility index (Phi) is 7.23. The predicted molar refractivity (Wildman–Crippen MR) is 142 cm³/mol. The molecule has 5 nitrogen and oxygen atoms in total. The molecule has 2 aromatic carbocycles. The summed E-state index contributed by atoms with van der Waals surface area (Å²) in [6, 6.07) is 16.5. The number of para-hydroxylation sites is 1. The average Bonchev–Trinajstić information content (AvgIpc) is 2.76. The van der Waals surface area contributed by atoms with Crippen molar-refractivity contribution in [3.63, 3.8) is 0 Å². The molecule has 1 fully saturated rings. The van der Waals surface area contributed by atoms with E-state index in [0.717, 1.165) is 48.1 Å². The first-order valence-electron chi connectivity index (χ1n) is 10.8. The Bertz CT molecular complexity index is 1110. The Morgan fingerprint density at radius 3 is 2.44 bits per heavy atom. The highest BCUT2D eigenvalue weighted by Gasteiger charge is 2.22. The van der Waals surface area contributed by atoms with E-state index in [1.165, 1.54) is 5.69 Å². The van der Waals surface area contributed by atoms with E-state index in [4.69, 9.17) is 40.4 Å². The lowest BCUT2D eigenvalue weighted by Gasteiger charge is -2.31. The molecule has 1 saturated carbocycles. The van der Waals surface area contributed by atoms with Crippen molar-refractivity contribution in [1.82, 2.24) is 10.3 Å². The first-order chi connectivity index (χ1) is 15.4. The summed E-state index contributed by atoms with van der Waals surface area (Å²) in [4.78, 5) is 6.97. The Morgan fingerprint density at radius 2 is 1.72 bits per heavy atom. The summed E-state index contributed by atoms with van der Waals surface area (Å²) in [5, 5.41) is 13.1. The maximum absolute atomic E-state index is 6.23. The monoisotopic (exact) mass is 487 g/mol.